The van der Waals surface area contributed by atoms with Gasteiger partial charge >= 0.3 is 0 Å². The molecule has 0 spiro atoms. The lowest BCUT2D eigenvalue weighted by atomic mass is 9.98. The normalized spacial score (nSPS) is 15.7. The van der Waals surface area contributed by atoms with E-state index in [4.69, 9.17) is 8.22 Å². The number of rotatable bonds is 2. The first-order valence-corrected chi connectivity index (χ1v) is 8.88. The van der Waals surface area contributed by atoms with Gasteiger partial charge in [0.2, 0.25) is 17.2 Å². The molecule has 3 heterocycles. The summed E-state index contributed by atoms with van der Waals surface area (Å²) in [6.07, 6.45) is 1.87. The maximum atomic E-state index is 8.16. The maximum absolute atomic E-state index is 8.16. The first kappa shape index (κ1) is 11.8. The van der Waals surface area contributed by atoms with Crippen LogP contribution in [-0.4, -0.2) is 14.0 Å². The second kappa shape index (κ2) is 6.08. The van der Waals surface area contributed by atoms with Crippen LogP contribution < -0.4 is 4.57 Å². The minimum absolute atomic E-state index is 0.0825. The third-order valence-electron chi connectivity index (χ3n) is 5.35. The Kier molecular flexibility index (Phi) is 2.65. The fourth-order valence-electron chi connectivity index (χ4n) is 3.88. The van der Waals surface area contributed by atoms with Gasteiger partial charge in [-0.05, 0) is 52.2 Å². The molecule has 0 N–H and O–H groups in total. The van der Waals surface area contributed by atoms with Gasteiger partial charge in [0, 0.05) is 43.9 Å². The third-order valence-corrected chi connectivity index (χ3v) is 5.35. The number of aromatic nitrogens is 4. The molecule has 0 aliphatic heterocycles. The Morgan fingerprint density at radius 3 is 2.44 bits per heavy atom. The summed E-state index contributed by atoms with van der Waals surface area (Å²) in [4.78, 5) is 4.40. The zero-order chi connectivity index (χ0) is 24.5. The van der Waals surface area contributed by atoms with Gasteiger partial charge in [-0.15, -0.1) is 0 Å². The van der Waals surface area contributed by atoms with Crippen LogP contribution in [0.15, 0.2) is 36.5 Å². The van der Waals surface area contributed by atoms with Gasteiger partial charge in [0.1, 0.15) is 12.7 Å². The summed E-state index contributed by atoms with van der Waals surface area (Å²) in [6, 6.07) is 9.47. The van der Waals surface area contributed by atoms with Crippen LogP contribution in [0.25, 0.3) is 28.4 Å². The highest BCUT2D eigenvalue weighted by Crippen LogP contribution is 2.30. The van der Waals surface area contributed by atoms with Gasteiger partial charge in [-0.25, -0.2) is 4.98 Å². The molecule has 0 bridgehead atoms. The lowest BCUT2D eigenvalue weighted by Crippen LogP contribution is -2.36. The fraction of sp³-hybridized carbons (Fsp3) is 0.304. The molecule has 4 aromatic rings. The average Bonchev–Trinajstić information content (AvgIpc) is 3.19. The summed E-state index contributed by atoms with van der Waals surface area (Å²) in [5.74, 6) is 0.519. The van der Waals surface area contributed by atoms with Crippen molar-refractivity contribution in [1.29, 1.82) is 0 Å². The van der Waals surface area contributed by atoms with Gasteiger partial charge in [-0.2, -0.15) is 4.57 Å². The van der Waals surface area contributed by atoms with E-state index < -0.39 is 13.7 Å². The average molecular weight is 366 g/mol. The van der Waals surface area contributed by atoms with Crippen molar-refractivity contribution in [1.82, 2.24) is 14.0 Å². The first-order chi connectivity index (χ1) is 15.2. The molecule has 138 valence electrons. The minimum atomic E-state index is -2.30. The highest BCUT2D eigenvalue weighted by molar-refractivity contribution is 5.68. The van der Waals surface area contributed by atoms with Crippen molar-refractivity contribution in [3.05, 3.63) is 64.6 Å². The van der Waals surface area contributed by atoms with Crippen molar-refractivity contribution in [2.75, 3.05) is 0 Å². The predicted octanol–water partition coefficient (Wildman–Crippen LogP) is 4.37. The number of benzene rings is 1. The second-order valence-corrected chi connectivity index (χ2v) is 7.10. The molecular weight excluding hydrogens is 332 g/mol. The predicted molar refractivity (Wildman–Crippen MR) is 110 cm³/mol. The van der Waals surface area contributed by atoms with Crippen LogP contribution in [0.4, 0.5) is 0 Å². The topological polar surface area (TPSA) is 26.1 Å². The number of aryl methyl sites for hydroxylation is 6. The molecule has 0 radical (unpaired) electrons. The molecule has 0 aliphatic rings. The summed E-state index contributed by atoms with van der Waals surface area (Å²) in [7, 11) is 3.71. The zero-order valence-electron chi connectivity index (χ0n) is 22.3. The molecule has 0 aliphatic carbocycles. The van der Waals surface area contributed by atoms with Crippen LogP contribution in [0.1, 0.15) is 36.3 Å². The van der Waals surface area contributed by atoms with Gasteiger partial charge < -0.3 is 4.57 Å². The van der Waals surface area contributed by atoms with Gasteiger partial charge in [-0.1, -0.05) is 18.2 Å². The van der Waals surface area contributed by atoms with Crippen LogP contribution in [0.3, 0.4) is 0 Å². The Morgan fingerprint density at radius 1 is 1.00 bits per heavy atom. The molecular formula is C23H27N4+. The summed E-state index contributed by atoms with van der Waals surface area (Å²) in [6.45, 7) is 1.02. The van der Waals surface area contributed by atoms with E-state index in [2.05, 4.69) is 4.98 Å². The van der Waals surface area contributed by atoms with Gasteiger partial charge in [0.25, 0.3) is 0 Å². The SMILES string of the molecule is [2H]C([2H])([2H])c1cc(C)c(-c2cn3c(C)c(C([2H])([2H])[2H])nc3n2C)[n+](C)c1-c1ccccc1C. The molecule has 0 saturated heterocycles. The number of hydrogen-bond acceptors (Lipinski definition) is 1. The molecule has 0 amide bonds. The first-order valence-electron chi connectivity index (χ1n) is 11.9. The maximum Gasteiger partial charge on any atom is 0.233 e. The smallest absolute Gasteiger partial charge is 0.233 e. The number of fused-ring (bicyclic) bond motifs is 1. The van der Waals surface area contributed by atoms with Crippen molar-refractivity contribution in [2.24, 2.45) is 14.1 Å². The van der Waals surface area contributed by atoms with Crippen LogP contribution in [0, 0.1) is 34.5 Å². The monoisotopic (exact) mass is 365 g/mol. The van der Waals surface area contributed by atoms with Gasteiger partial charge in [0.15, 0.2) is 0 Å². The zero-order valence-corrected chi connectivity index (χ0v) is 16.3. The Balaban J connectivity index is 2.06. The quantitative estimate of drug-likeness (QED) is 0.484. The Morgan fingerprint density at radius 2 is 1.78 bits per heavy atom. The van der Waals surface area contributed by atoms with E-state index in [0.717, 1.165) is 28.1 Å². The molecule has 4 rings (SSSR count). The lowest BCUT2D eigenvalue weighted by Gasteiger charge is -2.13. The summed E-state index contributed by atoms with van der Waals surface area (Å²) < 4.78 is 53.3. The number of hydrogen-bond donors (Lipinski definition) is 0. The highest BCUT2D eigenvalue weighted by Gasteiger charge is 2.26. The number of pyridine rings is 1. The van der Waals surface area contributed by atoms with E-state index in [9.17, 15) is 0 Å². The van der Waals surface area contributed by atoms with Crippen LogP contribution in [-0.2, 0) is 14.1 Å². The van der Waals surface area contributed by atoms with Crippen LogP contribution in [0.5, 0.6) is 0 Å². The van der Waals surface area contributed by atoms with Crippen LogP contribution >= 0.6 is 0 Å². The Bertz CT molecular complexity index is 1390. The molecule has 0 unspecified atom stereocenters. The summed E-state index contributed by atoms with van der Waals surface area (Å²) >= 11 is 0. The van der Waals surface area contributed by atoms with Crippen molar-refractivity contribution < 1.29 is 12.8 Å². The Labute approximate surface area is 169 Å². The van der Waals surface area contributed by atoms with Crippen molar-refractivity contribution >= 4 is 5.78 Å². The Hall–Kier alpha value is -2.88. The standard InChI is InChI=1S/C23H27N4/c1-14-10-8-9-11-19(14)21-15(2)12-16(3)22(26(21)7)20-13-27-18(5)17(4)24-23(27)25(20)6/h8-13H,1-7H3/q+1/i2D3,4D3. The van der Waals surface area contributed by atoms with Gasteiger partial charge in [-0.3, -0.25) is 4.40 Å². The summed E-state index contributed by atoms with van der Waals surface area (Å²) in [5, 5.41) is 0. The van der Waals surface area contributed by atoms with E-state index in [1.807, 2.05) is 67.5 Å². The van der Waals surface area contributed by atoms with E-state index in [-0.39, 0.29) is 5.69 Å². The molecule has 1 aromatic carbocycles. The molecule has 3 aromatic heterocycles. The van der Waals surface area contributed by atoms with E-state index in [1.54, 1.807) is 17.4 Å². The summed E-state index contributed by atoms with van der Waals surface area (Å²) in [5.41, 5.74) is 5.85. The van der Waals surface area contributed by atoms with Gasteiger partial charge in [0.05, 0.1) is 5.69 Å². The van der Waals surface area contributed by atoms with Crippen molar-refractivity contribution in [3.8, 4) is 22.6 Å². The van der Waals surface area contributed by atoms with E-state index in [0.29, 0.717) is 22.7 Å². The largest absolute Gasteiger partial charge is 0.308 e. The molecule has 4 heteroatoms. The molecule has 4 nitrogen and oxygen atoms in total. The van der Waals surface area contributed by atoms with E-state index in [1.165, 1.54) is 0 Å². The lowest BCUT2D eigenvalue weighted by molar-refractivity contribution is -0.650. The van der Waals surface area contributed by atoms with Crippen molar-refractivity contribution in [2.45, 2.75) is 34.5 Å². The third kappa shape index (κ3) is 2.51. The molecule has 0 atom stereocenters. The number of imidazole rings is 2. The fourth-order valence-corrected chi connectivity index (χ4v) is 3.88. The van der Waals surface area contributed by atoms with E-state index >= 15 is 0 Å². The number of nitrogens with zero attached hydrogens (tertiary/aromatic N) is 4. The molecule has 0 fully saturated rings. The highest BCUT2D eigenvalue weighted by atomic mass is 15.2. The van der Waals surface area contributed by atoms with Crippen molar-refractivity contribution in [3.63, 3.8) is 0 Å². The van der Waals surface area contributed by atoms with Crippen LogP contribution in [0.2, 0.25) is 0 Å². The molecule has 27 heavy (non-hydrogen) atoms. The second-order valence-electron chi connectivity index (χ2n) is 7.10. The molecule has 0 saturated carbocycles. The minimum Gasteiger partial charge on any atom is -0.308 e.